The van der Waals surface area contributed by atoms with E-state index in [1.165, 1.54) is 13.8 Å². The van der Waals surface area contributed by atoms with Crippen molar-refractivity contribution < 1.29 is 14.4 Å². The molecule has 0 aliphatic rings. The third-order valence-electron chi connectivity index (χ3n) is 3.84. The molecule has 0 saturated heterocycles. The molecule has 2 rings (SSSR count). The van der Waals surface area contributed by atoms with Gasteiger partial charge in [0.15, 0.2) is 0 Å². The zero-order valence-corrected chi connectivity index (χ0v) is 15.3. The fourth-order valence-electron chi connectivity index (χ4n) is 2.74. The molecule has 6 heteroatoms. The SMILES string of the molecule is CC(=O)Nc1cc(NC(C)=O)cc(C(=O)N[C@H](C)c2ccccc2C)c1. The van der Waals surface area contributed by atoms with Gasteiger partial charge in [0, 0.05) is 30.8 Å². The Morgan fingerprint density at radius 2 is 1.42 bits per heavy atom. The number of hydrogen-bond acceptors (Lipinski definition) is 3. The average Bonchev–Trinajstić information content (AvgIpc) is 2.53. The van der Waals surface area contributed by atoms with Gasteiger partial charge in [0.2, 0.25) is 11.8 Å². The average molecular weight is 353 g/mol. The van der Waals surface area contributed by atoms with E-state index < -0.39 is 0 Å². The van der Waals surface area contributed by atoms with Gasteiger partial charge in [-0.05, 0) is 43.2 Å². The highest BCUT2D eigenvalue weighted by Crippen LogP contribution is 2.21. The lowest BCUT2D eigenvalue weighted by Crippen LogP contribution is -2.27. The molecular weight excluding hydrogens is 330 g/mol. The quantitative estimate of drug-likeness (QED) is 0.770. The van der Waals surface area contributed by atoms with Crippen LogP contribution in [0.3, 0.4) is 0 Å². The van der Waals surface area contributed by atoms with Gasteiger partial charge in [0.05, 0.1) is 6.04 Å². The Bertz CT molecular complexity index is 812. The van der Waals surface area contributed by atoms with Crippen LogP contribution in [0, 0.1) is 6.92 Å². The van der Waals surface area contributed by atoms with Gasteiger partial charge in [0.1, 0.15) is 0 Å². The van der Waals surface area contributed by atoms with Crippen LogP contribution in [0.5, 0.6) is 0 Å². The summed E-state index contributed by atoms with van der Waals surface area (Å²) in [5, 5.41) is 8.23. The summed E-state index contributed by atoms with van der Waals surface area (Å²) in [5.74, 6) is -0.811. The normalized spacial score (nSPS) is 11.4. The summed E-state index contributed by atoms with van der Waals surface area (Å²) in [6.45, 7) is 6.66. The van der Waals surface area contributed by atoms with Crippen LogP contribution in [0.4, 0.5) is 11.4 Å². The lowest BCUT2D eigenvalue weighted by Gasteiger charge is -2.17. The lowest BCUT2D eigenvalue weighted by molar-refractivity contribution is -0.115. The third-order valence-corrected chi connectivity index (χ3v) is 3.84. The van der Waals surface area contributed by atoms with E-state index in [0.717, 1.165) is 11.1 Å². The Morgan fingerprint density at radius 1 is 0.885 bits per heavy atom. The first-order valence-electron chi connectivity index (χ1n) is 8.33. The van der Waals surface area contributed by atoms with Gasteiger partial charge in [-0.25, -0.2) is 0 Å². The Morgan fingerprint density at radius 3 is 1.92 bits per heavy atom. The van der Waals surface area contributed by atoms with Crippen LogP contribution in [0.2, 0.25) is 0 Å². The molecule has 3 N–H and O–H groups in total. The number of hydrogen-bond donors (Lipinski definition) is 3. The molecule has 26 heavy (non-hydrogen) atoms. The van der Waals surface area contributed by atoms with Crippen molar-refractivity contribution in [3.05, 3.63) is 59.2 Å². The standard InChI is InChI=1S/C20H23N3O3/c1-12-7-5-6-8-19(12)13(2)21-20(26)16-9-17(22-14(3)24)11-18(10-16)23-15(4)25/h5-11,13H,1-4H3,(H,21,26)(H,22,24)(H,23,25)/t13-/m1/s1. The highest BCUT2D eigenvalue weighted by molar-refractivity contribution is 6.00. The van der Waals surface area contributed by atoms with Gasteiger partial charge in [-0.15, -0.1) is 0 Å². The van der Waals surface area contributed by atoms with Crippen LogP contribution in [0.25, 0.3) is 0 Å². The second-order valence-corrected chi connectivity index (χ2v) is 6.21. The molecule has 1 atom stereocenters. The Labute approximate surface area is 153 Å². The smallest absolute Gasteiger partial charge is 0.251 e. The maximum Gasteiger partial charge on any atom is 0.251 e. The fraction of sp³-hybridized carbons (Fsp3) is 0.250. The van der Waals surface area contributed by atoms with E-state index >= 15 is 0 Å². The Balaban J connectivity index is 2.27. The molecule has 0 unspecified atom stereocenters. The number of carbonyl (C=O) groups is 3. The molecule has 0 aromatic heterocycles. The van der Waals surface area contributed by atoms with E-state index in [1.54, 1.807) is 18.2 Å². The summed E-state index contributed by atoms with van der Waals surface area (Å²) in [5.41, 5.74) is 3.35. The van der Waals surface area contributed by atoms with Crippen molar-refractivity contribution in [3.8, 4) is 0 Å². The number of carbonyl (C=O) groups excluding carboxylic acids is 3. The highest BCUT2D eigenvalue weighted by Gasteiger charge is 2.15. The number of anilines is 2. The Hall–Kier alpha value is -3.15. The van der Waals surface area contributed by atoms with Gasteiger partial charge < -0.3 is 16.0 Å². The van der Waals surface area contributed by atoms with E-state index in [-0.39, 0.29) is 23.8 Å². The molecule has 0 heterocycles. The minimum Gasteiger partial charge on any atom is -0.346 e. The first-order valence-corrected chi connectivity index (χ1v) is 8.33. The molecule has 0 bridgehead atoms. The second-order valence-electron chi connectivity index (χ2n) is 6.21. The predicted octanol–water partition coefficient (Wildman–Crippen LogP) is 3.40. The minimum atomic E-state index is -0.292. The van der Waals surface area contributed by atoms with Crippen molar-refractivity contribution in [2.24, 2.45) is 0 Å². The van der Waals surface area contributed by atoms with Crippen LogP contribution in [0.15, 0.2) is 42.5 Å². The topological polar surface area (TPSA) is 87.3 Å². The van der Waals surface area contributed by atoms with Crippen molar-refractivity contribution in [1.29, 1.82) is 0 Å². The largest absolute Gasteiger partial charge is 0.346 e. The zero-order valence-electron chi connectivity index (χ0n) is 15.3. The van der Waals surface area contributed by atoms with Crippen molar-refractivity contribution in [2.45, 2.75) is 33.7 Å². The zero-order chi connectivity index (χ0) is 19.3. The fourth-order valence-corrected chi connectivity index (χ4v) is 2.74. The summed E-state index contributed by atoms with van der Waals surface area (Å²) < 4.78 is 0. The summed E-state index contributed by atoms with van der Waals surface area (Å²) in [6.07, 6.45) is 0. The minimum absolute atomic E-state index is 0.183. The predicted molar refractivity (Wildman–Crippen MR) is 102 cm³/mol. The first kappa shape index (κ1) is 19.2. The van der Waals surface area contributed by atoms with Crippen molar-refractivity contribution in [3.63, 3.8) is 0 Å². The molecule has 6 nitrogen and oxygen atoms in total. The van der Waals surface area contributed by atoms with Gasteiger partial charge >= 0.3 is 0 Å². The molecule has 2 aromatic rings. The highest BCUT2D eigenvalue weighted by atomic mass is 16.2. The number of rotatable bonds is 5. The molecule has 0 fully saturated rings. The van der Waals surface area contributed by atoms with E-state index in [4.69, 9.17) is 0 Å². The van der Waals surface area contributed by atoms with E-state index in [0.29, 0.717) is 16.9 Å². The van der Waals surface area contributed by atoms with Gasteiger partial charge in [-0.3, -0.25) is 14.4 Å². The van der Waals surface area contributed by atoms with Crippen molar-refractivity contribution in [1.82, 2.24) is 5.32 Å². The third kappa shape index (κ3) is 5.17. The maximum atomic E-state index is 12.7. The van der Waals surface area contributed by atoms with Crippen LogP contribution in [-0.2, 0) is 9.59 Å². The molecule has 0 aliphatic carbocycles. The summed E-state index contributed by atoms with van der Waals surface area (Å²) in [4.78, 5) is 35.3. The number of nitrogens with one attached hydrogen (secondary N) is 3. The molecular formula is C20H23N3O3. The van der Waals surface area contributed by atoms with Gasteiger partial charge in [-0.1, -0.05) is 24.3 Å². The van der Waals surface area contributed by atoms with Crippen LogP contribution in [-0.4, -0.2) is 17.7 Å². The summed E-state index contributed by atoms with van der Waals surface area (Å²) in [6, 6.07) is 12.4. The molecule has 136 valence electrons. The molecule has 3 amide bonds. The molecule has 0 spiro atoms. The van der Waals surface area contributed by atoms with Crippen molar-refractivity contribution in [2.75, 3.05) is 10.6 Å². The monoisotopic (exact) mass is 353 g/mol. The first-order chi connectivity index (χ1) is 12.3. The van der Waals surface area contributed by atoms with Crippen LogP contribution in [0.1, 0.15) is 48.3 Å². The molecule has 0 aliphatic heterocycles. The molecule has 2 aromatic carbocycles. The summed E-state index contributed by atoms with van der Waals surface area (Å²) in [7, 11) is 0. The van der Waals surface area contributed by atoms with E-state index in [1.807, 2.05) is 38.1 Å². The number of amides is 3. The number of aryl methyl sites for hydroxylation is 1. The maximum absolute atomic E-state index is 12.7. The molecule has 0 radical (unpaired) electrons. The van der Waals surface area contributed by atoms with Gasteiger partial charge in [0.25, 0.3) is 5.91 Å². The second kappa shape index (κ2) is 8.29. The van der Waals surface area contributed by atoms with E-state index in [9.17, 15) is 14.4 Å². The van der Waals surface area contributed by atoms with Crippen LogP contribution >= 0.6 is 0 Å². The van der Waals surface area contributed by atoms with Crippen molar-refractivity contribution >= 4 is 29.1 Å². The van der Waals surface area contributed by atoms with Crippen LogP contribution < -0.4 is 16.0 Å². The lowest BCUT2D eigenvalue weighted by atomic mass is 10.0. The van der Waals surface area contributed by atoms with E-state index in [2.05, 4.69) is 16.0 Å². The summed E-state index contributed by atoms with van der Waals surface area (Å²) >= 11 is 0. The van der Waals surface area contributed by atoms with Gasteiger partial charge in [-0.2, -0.15) is 0 Å². The Kier molecular flexibility index (Phi) is 6.11. The number of benzene rings is 2. The molecule has 0 saturated carbocycles.